The third-order valence-corrected chi connectivity index (χ3v) is 4.08. The minimum Gasteiger partial charge on any atom is -0.460 e. The van der Waals surface area contributed by atoms with Crippen molar-refractivity contribution in [3.8, 4) is 0 Å². The highest BCUT2D eigenvalue weighted by Crippen LogP contribution is 2.38. The molecule has 0 aromatic heterocycles. The van der Waals surface area contributed by atoms with Gasteiger partial charge in [-0.1, -0.05) is 0 Å². The van der Waals surface area contributed by atoms with Gasteiger partial charge in [0.2, 0.25) is 0 Å². The number of carbonyl (C=O) groups is 1. The van der Waals surface area contributed by atoms with Crippen LogP contribution in [-0.4, -0.2) is 59.0 Å². The Bertz CT molecular complexity index is 296. The molecule has 3 unspecified atom stereocenters. The minimum absolute atomic E-state index is 0.0853. The summed E-state index contributed by atoms with van der Waals surface area (Å²) in [5.41, 5.74) is 0. The molecule has 5 nitrogen and oxygen atoms in total. The summed E-state index contributed by atoms with van der Waals surface area (Å²) in [7, 11) is 2.00. The van der Waals surface area contributed by atoms with Crippen LogP contribution in [0.2, 0.25) is 0 Å². The molecule has 2 bridgehead atoms. The van der Waals surface area contributed by atoms with E-state index in [4.69, 9.17) is 9.84 Å². The van der Waals surface area contributed by atoms with Gasteiger partial charge in [-0.25, -0.2) is 0 Å². The van der Waals surface area contributed by atoms with Crippen LogP contribution in [0.1, 0.15) is 26.2 Å². The number of carbonyl (C=O) groups excluding carboxylic acids is 1. The predicted octanol–water partition coefficient (Wildman–Crippen LogP) is -0.246. The molecule has 2 aliphatic rings. The van der Waals surface area contributed by atoms with Crippen molar-refractivity contribution < 1.29 is 19.7 Å². The number of nitrogens with zero attached hydrogens (tertiary/aromatic N) is 1. The second kappa shape index (κ2) is 4.92. The van der Waals surface area contributed by atoms with Crippen molar-refractivity contribution in [3.63, 3.8) is 0 Å². The number of rotatable bonds is 3. The van der Waals surface area contributed by atoms with E-state index in [0.717, 1.165) is 12.8 Å². The van der Waals surface area contributed by atoms with Crippen LogP contribution in [0, 0.1) is 5.92 Å². The van der Waals surface area contributed by atoms with Gasteiger partial charge < -0.3 is 14.9 Å². The van der Waals surface area contributed by atoms with Crippen LogP contribution in [0.15, 0.2) is 0 Å². The molecule has 0 saturated carbocycles. The highest BCUT2D eigenvalue weighted by Gasteiger charge is 2.49. The summed E-state index contributed by atoms with van der Waals surface area (Å²) in [4.78, 5) is 14.2. The third kappa shape index (κ3) is 2.32. The number of piperidine rings is 1. The van der Waals surface area contributed by atoms with E-state index < -0.39 is 18.1 Å². The van der Waals surface area contributed by atoms with Gasteiger partial charge in [0.25, 0.3) is 0 Å². The van der Waals surface area contributed by atoms with Crippen LogP contribution in [0.4, 0.5) is 0 Å². The standard InChI is InChI=1S/C12H21NO4/c1-7(6-14)17-12(16)11-9-4-3-8(13(9)2)5-10(11)15/h7-11,14-15H,3-6H2,1-2H3/t7?,8?,9?,10-,11+/m0/s1. The second-order valence-corrected chi connectivity index (χ2v) is 5.22. The van der Waals surface area contributed by atoms with E-state index in [1.165, 1.54) is 0 Å². The first-order chi connectivity index (χ1) is 8.04. The van der Waals surface area contributed by atoms with E-state index in [9.17, 15) is 9.90 Å². The Balaban J connectivity index is 2.05. The molecule has 2 heterocycles. The van der Waals surface area contributed by atoms with E-state index in [-0.39, 0.29) is 18.6 Å². The molecule has 2 fully saturated rings. The fraction of sp³-hybridized carbons (Fsp3) is 0.917. The van der Waals surface area contributed by atoms with Gasteiger partial charge in [-0.05, 0) is 33.2 Å². The molecule has 2 aliphatic heterocycles. The number of hydrogen-bond acceptors (Lipinski definition) is 5. The Kier molecular flexibility index (Phi) is 3.70. The molecule has 0 amide bonds. The lowest BCUT2D eigenvalue weighted by molar-refractivity contribution is -0.165. The largest absolute Gasteiger partial charge is 0.460 e. The van der Waals surface area contributed by atoms with E-state index in [2.05, 4.69) is 4.90 Å². The molecule has 0 radical (unpaired) electrons. The van der Waals surface area contributed by atoms with Crippen LogP contribution in [0.25, 0.3) is 0 Å². The predicted molar refractivity (Wildman–Crippen MR) is 61.3 cm³/mol. The van der Waals surface area contributed by atoms with Gasteiger partial charge in [-0.15, -0.1) is 0 Å². The molecule has 98 valence electrons. The van der Waals surface area contributed by atoms with Crippen molar-refractivity contribution in [2.24, 2.45) is 5.92 Å². The van der Waals surface area contributed by atoms with Gasteiger partial charge in [0.05, 0.1) is 18.6 Å². The Hall–Kier alpha value is -0.650. The third-order valence-electron chi connectivity index (χ3n) is 4.08. The SMILES string of the molecule is CC(CO)OC(=O)[C@@H]1C2CCC(C[C@@H]1O)N2C. The topological polar surface area (TPSA) is 70.0 Å². The van der Waals surface area contributed by atoms with E-state index in [1.807, 2.05) is 7.05 Å². The van der Waals surface area contributed by atoms with Crippen molar-refractivity contribution in [3.05, 3.63) is 0 Å². The molecule has 5 atom stereocenters. The number of aliphatic hydroxyl groups is 2. The molecule has 0 aliphatic carbocycles. The summed E-state index contributed by atoms with van der Waals surface area (Å²) < 4.78 is 5.13. The first kappa shape index (κ1) is 12.8. The Morgan fingerprint density at radius 2 is 2.24 bits per heavy atom. The number of ether oxygens (including phenoxy) is 1. The monoisotopic (exact) mass is 243 g/mol. The first-order valence-corrected chi connectivity index (χ1v) is 6.26. The van der Waals surface area contributed by atoms with Crippen LogP contribution in [0.3, 0.4) is 0 Å². The zero-order valence-corrected chi connectivity index (χ0v) is 10.4. The molecule has 2 rings (SSSR count). The number of hydrogen-bond donors (Lipinski definition) is 2. The van der Waals surface area contributed by atoms with Gasteiger partial charge in [-0.2, -0.15) is 0 Å². The molecule has 5 heteroatoms. The summed E-state index contributed by atoms with van der Waals surface area (Å²) in [6, 6.07) is 0.483. The molecular weight excluding hydrogens is 222 g/mol. The lowest BCUT2D eigenvalue weighted by Gasteiger charge is -2.39. The van der Waals surface area contributed by atoms with E-state index >= 15 is 0 Å². The van der Waals surface area contributed by atoms with Crippen molar-refractivity contribution in [1.29, 1.82) is 0 Å². The van der Waals surface area contributed by atoms with Crippen molar-refractivity contribution in [1.82, 2.24) is 4.90 Å². The molecule has 0 spiro atoms. The normalized spacial score (nSPS) is 39.1. The smallest absolute Gasteiger partial charge is 0.313 e. The molecule has 2 N–H and O–H groups in total. The number of fused-ring (bicyclic) bond motifs is 2. The van der Waals surface area contributed by atoms with Crippen LogP contribution < -0.4 is 0 Å². The van der Waals surface area contributed by atoms with Gasteiger partial charge in [-0.3, -0.25) is 9.69 Å². The quantitative estimate of drug-likeness (QED) is 0.669. The summed E-state index contributed by atoms with van der Waals surface area (Å²) in [6.07, 6.45) is 1.50. The Morgan fingerprint density at radius 3 is 2.88 bits per heavy atom. The zero-order valence-electron chi connectivity index (χ0n) is 10.4. The molecular formula is C12H21NO4. The Labute approximate surface area is 101 Å². The average molecular weight is 243 g/mol. The number of aliphatic hydroxyl groups excluding tert-OH is 2. The Morgan fingerprint density at radius 1 is 1.53 bits per heavy atom. The van der Waals surface area contributed by atoms with Gasteiger partial charge >= 0.3 is 5.97 Å². The highest BCUT2D eigenvalue weighted by atomic mass is 16.6. The zero-order chi connectivity index (χ0) is 12.6. The van der Waals surface area contributed by atoms with Crippen LogP contribution >= 0.6 is 0 Å². The molecule has 2 saturated heterocycles. The van der Waals surface area contributed by atoms with E-state index in [0.29, 0.717) is 12.5 Å². The van der Waals surface area contributed by atoms with Crippen molar-refractivity contribution in [2.45, 2.75) is 50.5 Å². The summed E-state index contributed by atoms with van der Waals surface area (Å²) >= 11 is 0. The minimum atomic E-state index is -0.609. The summed E-state index contributed by atoms with van der Waals surface area (Å²) in [5, 5.41) is 18.9. The summed E-state index contributed by atoms with van der Waals surface area (Å²) in [5.74, 6) is -0.844. The highest BCUT2D eigenvalue weighted by molar-refractivity contribution is 5.74. The van der Waals surface area contributed by atoms with E-state index in [1.54, 1.807) is 6.92 Å². The number of esters is 1. The lowest BCUT2D eigenvalue weighted by atomic mass is 9.88. The molecule has 0 aromatic rings. The first-order valence-electron chi connectivity index (χ1n) is 6.26. The van der Waals surface area contributed by atoms with Crippen molar-refractivity contribution in [2.75, 3.05) is 13.7 Å². The fourth-order valence-electron chi connectivity index (χ4n) is 3.07. The maximum Gasteiger partial charge on any atom is 0.313 e. The maximum atomic E-state index is 12.0. The van der Waals surface area contributed by atoms with Gasteiger partial charge in [0.1, 0.15) is 6.10 Å². The molecule has 0 aromatic carbocycles. The maximum absolute atomic E-state index is 12.0. The van der Waals surface area contributed by atoms with Crippen molar-refractivity contribution >= 4 is 5.97 Å². The average Bonchev–Trinajstić information content (AvgIpc) is 2.53. The second-order valence-electron chi connectivity index (χ2n) is 5.22. The summed E-state index contributed by atoms with van der Waals surface area (Å²) in [6.45, 7) is 1.46. The van der Waals surface area contributed by atoms with Crippen LogP contribution in [-0.2, 0) is 9.53 Å². The fourth-order valence-corrected chi connectivity index (χ4v) is 3.07. The van der Waals surface area contributed by atoms with Gasteiger partial charge in [0.15, 0.2) is 0 Å². The van der Waals surface area contributed by atoms with Gasteiger partial charge in [0, 0.05) is 12.1 Å². The lowest BCUT2D eigenvalue weighted by Crippen LogP contribution is -2.52. The molecule has 17 heavy (non-hydrogen) atoms. The van der Waals surface area contributed by atoms with Crippen LogP contribution in [0.5, 0.6) is 0 Å².